The Morgan fingerprint density at radius 1 is 1.46 bits per heavy atom. The fourth-order valence-electron chi connectivity index (χ4n) is 1.15. The second-order valence-corrected chi connectivity index (χ2v) is 2.77. The molecule has 0 saturated carbocycles. The number of hydrogen-bond donors (Lipinski definition) is 1. The van der Waals surface area contributed by atoms with Gasteiger partial charge < -0.3 is 10.2 Å². The van der Waals surface area contributed by atoms with Crippen LogP contribution in [0, 0.1) is 6.92 Å². The van der Waals surface area contributed by atoms with Crippen molar-refractivity contribution >= 4 is 5.95 Å². The molecule has 0 amide bonds. The van der Waals surface area contributed by atoms with E-state index < -0.39 is 0 Å². The SMILES string of the molecule is Cc1cnc(N)nc1-c1ccoc1. The summed E-state index contributed by atoms with van der Waals surface area (Å²) in [6.45, 7) is 1.93. The highest BCUT2D eigenvalue weighted by atomic mass is 16.3. The van der Waals surface area contributed by atoms with Gasteiger partial charge in [-0.25, -0.2) is 9.97 Å². The van der Waals surface area contributed by atoms with Gasteiger partial charge in [0.25, 0.3) is 0 Å². The topological polar surface area (TPSA) is 64.9 Å². The zero-order chi connectivity index (χ0) is 9.26. The standard InChI is InChI=1S/C9H9N3O/c1-6-4-11-9(10)12-8(6)7-2-3-13-5-7/h2-5H,1H3,(H2,10,11,12). The molecule has 4 heteroatoms. The van der Waals surface area contributed by atoms with Crippen LogP contribution in [0.25, 0.3) is 11.3 Å². The van der Waals surface area contributed by atoms with Crippen LogP contribution in [0.15, 0.2) is 29.2 Å². The largest absolute Gasteiger partial charge is 0.472 e. The number of nitrogens with zero attached hydrogens (tertiary/aromatic N) is 2. The Morgan fingerprint density at radius 3 is 3.00 bits per heavy atom. The second kappa shape index (κ2) is 2.90. The molecule has 0 aromatic carbocycles. The minimum absolute atomic E-state index is 0.279. The Hall–Kier alpha value is -1.84. The summed E-state index contributed by atoms with van der Waals surface area (Å²) in [5, 5.41) is 0. The Balaban J connectivity index is 2.57. The monoisotopic (exact) mass is 175 g/mol. The van der Waals surface area contributed by atoms with E-state index in [9.17, 15) is 0 Å². The van der Waals surface area contributed by atoms with Gasteiger partial charge >= 0.3 is 0 Å². The van der Waals surface area contributed by atoms with Crippen LogP contribution in [0.5, 0.6) is 0 Å². The number of nitrogens with two attached hydrogens (primary N) is 1. The van der Waals surface area contributed by atoms with Crippen LogP contribution >= 0.6 is 0 Å². The average Bonchev–Trinajstić information content (AvgIpc) is 2.61. The van der Waals surface area contributed by atoms with Gasteiger partial charge in [-0.3, -0.25) is 0 Å². The molecular formula is C9H9N3O. The molecule has 0 spiro atoms. The molecule has 2 N–H and O–H groups in total. The van der Waals surface area contributed by atoms with E-state index >= 15 is 0 Å². The van der Waals surface area contributed by atoms with Crippen LogP contribution in [0.1, 0.15) is 5.56 Å². The van der Waals surface area contributed by atoms with Gasteiger partial charge in [0.1, 0.15) is 0 Å². The predicted octanol–water partition coefficient (Wildman–Crippen LogP) is 1.63. The van der Waals surface area contributed by atoms with Gasteiger partial charge in [-0.2, -0.15) is 0 Å². The summed E-state index contributed by atoms with van der Waals surface area (Å²) in [6, 6.07) is 1.84. The van der Waals surface area contributed by atoms with E-state index in [4.69, 9.17) is 10.2 Å². The number of furan rings is 1. The maximum atomic E-state index is 5.48. The van der Waals surface area contributed by atoms with E-state index in [0.717, 1.165) is 16.8 Å². The first kappa shape index (κ1) is 7.79. The van der Waals surface area contributed by atoms with Gasteiger partial charge in [0.05, 0.1) is 18.2 Å². The van der Waals surface area contributed by atoms with Crippen LogP contribution in [-0.4, -0.2) is 9.97 Å². The summed E-state index contributed by atoms with van der Waals surface area (Å²) in [6.07, 6.45) is 4.94. The Morgan fingerprint density at radius 2 is 2.31 bits per heavy atom. The normalized spacial score (nSPS) is 10.2. The molecule has 4 nitrogen and oxygen atoms in total. The van der Waals surface area contributed by atoms with Crippen molar-refractivity contribution in [2.45, 2.75) is 6.92 Å². The van der Waals surface area contributed by atoms with Crippen molar-refractivity contribution in [3.05, 3.63) is 30.4 Å². The third kappa shape index (κ3) is 1.38. The molecule has 0 unspecified atom stereocenters. The lowest BCUT2D eigenvalue weighted by Gasteiger charge is -2.01. The molecule has 0 fully saturated rings. The zero-order valence-electron chi connectivity index (χ0n) is 7.19. The molecule has 0 aliphatic heterocycles. The third-order valence-corrected chi connectivity index (χ3v) is 1.78. The summed E-state index contributed by atoms with van der Waals surface area (Å²) >= 11 is 0. The molecule has 2 aromatic rings. The van der Waals surface area contributed by atoms with Gasteiger partial charge in [0.2, 0.25) is 5.95 Å². The minimum Gasteiger partial charge on any atom is -0.472 e. The predicted molar refractivity (Wildman–Crippen MR) is 48.9 cm³/mol. The van der Waals surface area contributed by atoms with E-state index in [0.29, 0.717) is 0 Å². The molecule has 0 atom stereocenters. The lowest BCUT2D eigenvalue weighted by Crippen LogP contribution is -1.97. The quantitative estimate of drug-likeness (QED) is 0.715. The van der Waals surface area contributed by atoms with Crippen LogP contribution in [-0.2, 0) is 0 Å². The molecular weight excluding hydrogens is 166 g/mol. The van der Waals surface area contributed by atoms with Gasteiger partial charge in [0, 0.05) is 11.8 Å². The number of rotatable bonds is 1. The van der Waals surface area contributed by atoms with Gasteiger partial charge in [0.15, 0.2) is 0 Å². The lowest BCUT2D eigenvalue weighted by atomic mass is 10.1. The number of nitrogen functional groups attached to an aromatic ring is 1. The summed E-state index contributed by atoms with van der Waals surface area (Å²) in [5.74, 6) is 0.279. The summed E-state index contributed by atoms with van der Waals surface area (Å²) in [4.78, 5) is 8.01. The molecule has 2 aromatic heterocycles. The zero-order valence-corrected chi connectivity index (χ0v) is 7.19. The maximum Gasteiger partial charge on any atom is 0.220 e. The van der Waals surface area contributed by atoms with E-state index in [1.54, 1.807) is 18.7 Å². The summed E-state index contributed by atoms with van der Waals surface area (Å²) < 4.78 is 4.96. The molecule has 0 saturated heterocycles. The highest BCUT2D eigenvalue weighted by Crippen LogP contribution is 2.20. The van der Waals surface area contributed by atoms with Crippen molar-refractivity contribution < 1.29 is 4.42 Å². The van der Waals surface area contributed by atoms with Gasteiger partial charge in [-0.1, -0.05) is 0 Å². The first-order chi connectivity index (χ1) is 6.27. The van der Waals surface area contributed by atoms with Crippen molar-refractivity contribution in [3.63, 3.8) is 0 Å². The van der Waals surface area contributed by atoms with E-state index in [1.807, 2.05) is 13.0 Å². The smallest absolute Gasteiger partial charge is 0.220 e. The van der Waals surface area contributed by atoms with Gasteiger partial charge in [-0.15, -0.1) is 0 Å². The Bertz CT molecular complexity index is 409. The second-order valence-electron chi connectivity index (χ2n) is 2.77. The highest BCUT2D eigenvalue weighted by Gasteiger charge is 2.05. The molecule has 0 aliphatic rings. The third-order valence-electron chi connectivity index (χ3n) is 1.78. The molecule has 0 aliphatic carbocycles. The number of aromatic nitrogens is 2. The maximum absolute atomic E-state index is 5.48. The highest BCUT2D eigenvalue weighted by molar-refractivity contribution is 5.61. The summed E-state index contributed by atoms with van der Waals surface area (Å²) in [7, 11) is 0. The molecule has 0 bridgehead atoms. The van der Waals surface area contributed by atoms with E-state index in [2.05, 4.69) is 9.97 Å². The van der Waals surface area contributed by atoms with Crippen LogP contribution in [0.4, 0.5) is 5.95 Å². The summed E-state index contributed by atoms with van der Waals surface area (Å²) in [5.41, 5.74) is 8.21. The van der Waals surface area contributed by atoms with Crippen LogP contribution in [0.2, 0.25) is 0 Å². The first-order valence-electron chi connectivity index (χ1n) is 3.89. The fourth-order valence-corrected chi connectivity index (χ4v) is 1.15. The van der Waals surface area contributed by atoms with E-state index in [-0.39, 0.29) is 5.95 Å². The van der Waals surface area contributed by atoms with E-state index in [1.165, 1.54) is 0 Å². The Kier molecular flexibility index (Phi) is 1.73. The molecule has 2 rings (SSSR count). The van der Waals surface area contributed by atoms with Crippen molar-refractivity contribution in [2.24, 2.45) is 0 Å². The average molecular weight is 175 g/mol. The van der Waals surface area contributed by atoms with Crippen molar-refractivity contribution in [3.8, 4) is 11.3 Å². The minimum atomic E-state index is 0.279. The van der Waals surface area contributed by atoms with Crippen LogP contribution in [0.3, 0.4) is 0 Å². The number of aryl methyl sites for hydroxylation is 1. The van der Waals surface area contributed by atoms with Crippen molar-refractivity contribution in [1.29, 1.82) is 0 Å². The van der Waals surface area contributed by atoms with Crippen molar-refractivity contribution in [2.75, 3.05) is 5.73 Å². The Labute approximate surface area is 75.4 Å². The van der Waals surface area contributed by atoms with Gasteiger partial charge in [-0.05, 0) is 18.6 Å². The molecule has 0 radical (unpaired) electrons. The molecule has 66 valence electrons. The number of anilines is 1. The first-order valence-corrected chi connectivity index (χ1v) is 3.89. The fraction of sp³-hybridized carbons (Fsp3) is 0.111. The molecule has 13 heavy (non-hydrogen) atoms. The molecule has 2 heterocycles. The van der Waals surface area contributed by atoms with Crippen LogP contribution < -0.4 is 5.73 Å². The van der Waals surface area contributed by atoms with Crippen molar-refractivity contribution in [1.82, 2.24) is 9.97 Å². The number of hydrogen-bond acceptors (Lipinski definition) is 4. The lowest BCUT2D eigenvalue weighted by molar-refractivity contribution is 0.568.